The lowest BCUT2D eigenvalue weighted by Gasteiger charge is -2.33. The predicted octanol–water partition coefficient (Wildman–Crippen LogP) is 0.566. The molecule has 1 fully saturated rings. The number of hydrogen-bond acceptors (Lipinski definition) is 5. The molecule has 0 saturated carbocycles. The van der Waals surface area contributed by atoms with Crippen LogP contribution in [0.4, 0.5) is 0 Å². The molecule has 3 amide bonds. The molecule has 136 valence electrons. The maximum Gasteiger partial charge on any atom is 0.273 e. The molecule has 3 rings (SSSR count). The Morgan fingerprint density at radius 1 is 1.32 bits per heavy atom. The normalized spacial score (nSPS) is 20.6. The summed E-state index contributed by atoms with van der Waals surface area (Å²) in [7, 11) is 1.53. The van der Waals surface area contributed by atoms with Crippen molar-refractivity contribution in [1.29, 1.82) is 0 Å². The maximum atomic E-state index is 12.9. The minimum absolute atomic E-state index is 0.0135. The highest BCUT2D eigenvalue weighted by Crippen LogP contribution is 2.29. The topological polar surface area (TPSA) is 95.7 Å². The average molecular weight is 348 g/mol. The largest absolute Gasteiger partial charge is 0.360 e. The second-order valence-electron chi connectivity index (χ2n) is 7.60. The van der Waals surface area contributed by atoms with Gasteiger partial charge >= 0.3 is 0 Å². The number of amides is 3. The van der Waals surface area contributed by atoms with Crippen LogP contribution in [0.1, 0.15) is 49.0 Å². The standard InChI is InChI=1S/C17H24N4O4/c1-17(2,3)21-8-10(7-13(21)22)16(24)20-6-5-12-11(9-20)14(19-25-12)15(23)18-4/h10H,5-9H2,1-4H3,(H,18,23)/t10-/m0/s1. The fourth-order valence-corrected chi connectivity index (χ4v) is 3.47. The lowest BCUT2D eigenvalue weighted by molar-refractivity contribution is -0.136. The number of carbonyl (C=O) groups is 3. The fourth-order valence-electron chi connectivity index (χ4n) is 3.47. The van der Waals surface area contributed by atoms with Gasteiger partial charge in [-0.25, -0.2) is 0 Å². The van der Waals surface area contributed by atoms with E-state index in [0.717, 1.165) is 0 Å². The van der Waals surface area contributed by atoms with Crippen LogP contribution in [0, 0.1) is 5.92 Å². The summed E-state index contributed by atoms with van der Waals surface area (Å²) in [6.45, 7) is 7.15. The summed E-state index contributed by atoms with van der Waals surface area (Å²) in [4.78, 5) is 40.5. The summed E-state index contributed by atoms with van der Waals surface area (Å²) < 4.78 is 5.23. The Balaban J connectivity index is 1.74. The van der Waals surface area contributed by atoms with E-state index in [1.54, 1.807) is 9.80 Å². The molecule has 0 bridgehead atoms. The summed E-state index contributed by atoms with van der Waals surface area (Å²) in [5.41, 5.74) is 0.604. The molecule has 3 heterocycles. The van der Waals surface area contributed by atoms with Crippen LogP contribution in [0.15, 0.2) is 4.52 Å². The second-order valence-corrected chi connectivity index (χ2v) is 7.60. The summed E-state index contributed by atoms with van der Waals surface area (Å²) in [5.74, 6) is -0.0401. The molecule has 0 aliphatic carbocycles. The van der Waals surface area contributed by atoms with Crippen LogP contribution in [0.2, 0.25) is 0 Å². The van der Waals surface area contributed by atoms with E-state index in [1.165, 1.54) is 7.05 Å². The highest BCUT2D eigenvalue weighted by atomic mass is 16.5. The molecule has 1 atom stereocenters. The third kappa shape index (κ3) is 3.12. The molecule has 0 radical (unpaired) electrons. The highest BCUT2D eigenvalue weighted by molar-refractivity contribution is 5.94. The number of nitrogens with one attached hydrogen (secondary N) is 1. The van der Waals surface area contributed by atoms with Gasteiger partial charge < -0.3 is 19.6 Å². The van der Waals surface area contributed by atoms with Gasteiger partial charge in [0.15, 0.2) is 5.69 Å². The van der Waals surface area contributed by atoms with E-state index in [1.807, 2.05) is 20.8 Å². The first-order valence-corrected chi connectivity index (χ1v) is 8.51. The van der Waals surface area contributed by atoms with Crippen LogP contribution in [0.3, 0.4) is 0 Å². The average Bonchev–Trinajstić information content (AvgIpc) is 3.16. The molecule has 0 spiro atoms. The first-order valence-electron chi connectivity index (χ1n) is 8.51. The third-order valence-electron chi connectivity index (χ3n) is 4.87. The molecule has 0 unspecified atom stereocenters. The van der Waals surface area contributed by atoms with Crippen LogP contribution in [0.5, 0.6) is 0 Å². The van der Waals surface area contributed by atoms with E-state index in [4.69, 9.17) is 4.52 Å². The summed E-state index contributed by atoms with van der Waals surface area (Å²) in [6, 6.07) is 0. The maximum absolute atomic E-state index is 12.9. The van der Waals surface area contributed by atoms with Crippen molar-refractivity contribution in [2.45, 2.75) is 45.7 Å². The zero-order chi connectivity index (χ0) is 18.4. The van der Waals surface area contributed by atoms with Crippen LogP contribution < -0.4 is 5.32 Å². The molecular weight excluding hydrogens is 324 g/mol. The van der Waals surface area contributed by atoms with Crippen molar-refractivity contribution in [3.63, 3.8) is 0 Å². The minimum Gasteiger partial charge on any atom is -0.360 e. The molecule has 1 N–H and O–H groups in total. The Morgan fingerprint density at radius 3 is 2.64 bits per heavy atom. The molecule has 0 aromatic carbocycles. The predicted molar refractivity (Wildman–Crippen MR) is 88.6 cm³/mol. The van der Waals surface area contributed by atoms with E-state index in [-0.39, 0.29) is 41.3 Å². The molecule has 25 heavy (non-hydrogen) atoms. The van der Waals surface area contributed by atoms with Gasteiger partial charge in [0.1, 0.15) is 5.76 Å². The number of likely N-dealkylation sites (tertiary alicyclic amines) is 1. The quantitative estimate of drug-likeness (QED) is 0.843. The Hall–Kier alpha value is -2.38. The number of carbonyl (C=O) groups excluding carboxylic acids is 3. The third-order valence-corrected chi connectivity index (χ3v) is 4.87. The molecule has 1 aromatic heterocycles. The van der Waals surface area contributed by atoms with Crippen LogP contribution in [-0.4, -0.2) is 58.4 Å². The lowest BCUT2D eigenvalue weighted by Crippen LogP contribution is -2.44. The van der Waals surface area contributed by atoms with Gasteiger partial charge in [0.2, 0.25) is 11.8 Å². The Labute approximate surface area is 146 Å². The summed E-state index contributed by atoms with van der Waals surface area (Å²) >= 11 is 0. The van der Waals surface area contributed by atoms with E-state index >= 15 is 0 Å². The molecule has 8 nitrogen and oxygen atoms in total. The molecule has 8 heteroatoms. The van der Waals surface area contributed by atoms with Crippen molar-refractivity contribution in [2.75, 3.05) is 20.1 Å². The second kappa shape index (κ2) is 6.16. The zero-order valence-corrected chi connectivity index (χ0v) is 15.1. The molecule has 1 aromatic rings. The molecule has 2 aliphatic rings. The van der Waals surface area contributed by atoms with Crippen molar-refractivity contribution in [3.8, 4) is 0 Å². The van der Waals surface area contributed by atoms with Crippen molar-refractivity contribution in [2.24, 2.45) is 5.92 Å². The van der Waals surface area contributed by atoms with Gasteiger partial charge in [-0.15, -0.1) is 0 Å². The van der Waals surface area contributed by atoms with E-state index in [2.05, 4.69) is 10.5 Å². The zero-order valence-electron chi connectivity index (χ0n) is 15.1. The van der Waals surface area contributed by atoms with Crippen molar-refractivity contribution in [1.82, 2.24) is 20.3 Å². The number of fused-ring (bicyclic) bond motifs is 1. The van der Waals surface area contributed by atoms with Crippen molar-refractivity contribution < 1.29 is 18.9 Å². The van der Waals surface area contributed by atoms with Gasteiger partial charge in [-0.2, -0.15) is 0 Å². The van der Waals surface area contributed by atoms with Crippen molar-refractivity contribution >= 4 is 17.7 Å². The van der Waals surface area contributed by atoms with Gasteiger partial charge in [0.25, 0.3) is 5.91 Å². The number of rotatable bonds is 2. The minimum atomic E-state index is -0.336. The van der Waals surface area contributed by atoms with E-state index in [0.29, 0.717) is 37.4 Å². The number of nitrogens with zero attached hydrogens (tertiary/aromatic N) is 3. The Morgan fingerprint density at radius 2 is 2.04 bits per heavy atom. The first kappa shape index (κ1) is 17.4. The van der Waals surface area contributed by atoms with Gasteiger partial charge in [-0.1, -0.05) is 5.16 Å². The Kier molecular flexibility index (Phi) is 4.30. The number of hydrogen-bond donors (Lipinski definition) is 1. The summed E-state index contributed by atoms with van der Waals surface area (Å²) in [6.07, 6.45) is 0.764. The SMILES string of the molecule is CNC(=O)c1noc2c1CN(C(=O)[C@H]1CC(=O)N(C(C)(C)C)C1)CC2. The fraction of sp³-hybridized carbons (Fsp3) is 0.647. The lowest BCUT2D eigenvalue weighted by atomic mass is 10.0. The van der Waals surface area contributed by atoms with Crippen LogP contribution >= 0.6 is 0 Å². The molecule has 1 saturated heterocycles. The van der Waals surface area contributed by atoms with Gasteiger partial charge in [0, 0.05) is 44.1 Å². The summed E-state index contributed by atoms with van der Waals surface area (Å²) in [5, 5.41) is 6.36. The van der Waals surface area contributed by atoms with Gasteiger partial charge in [0.05, 0.1) is 12.5 Å². The van der Waals surface area contributed by atoms with Crippen molar-refractivity contribution in [3.05, 3.63) is 17.0 Å². The van der Waals surface area contributed by atoms with E-state index < -0.39 is 0 Å². The van der Waals surface area contributed by atoms with Crippen LogP contribution in [0.25, 0.3) is 0 Å². The number of aromatic nitrogens is 1. The van der Waals surface area contributed by atoms with Gasteiger partial charge in [-0.05, 0) is 20.8 Å². The monoisotopic (exact) mass is 348 g/mol. The highest BCUT2D eigenvalue weighted by Gasteiger charge is 2.42. The molecular formula is C17H24N4O4. The van der Waals surface area contributed by atoms with Crippen LogP contribution in [-0.2, 0) is 22.6 Å². The Bertz CT molecular complexity index is 719. The van der Waals surface area contributed by atoms with E-state index in [9.17, 15) is 14.4 Å². The smallest absolute Gasteiger partial charge is 0.273 e. The molecule has 2 aliphatic heterocycles. The first-order chi connectivity index (χ1) is 11.7. The van der Waals surface area contributed by atoms with Gasteiger partial charge in [-0.3, -0.25) is 14.4 Å².